The molecule has 1 aliphatic heterocycles. The van der Waals surface area contributed by atoms with E-state index in [0.717, 1.165) is 18.4 Å². The van der Waals surface area contributed by atoms with Gasteiger partial charge < -0.3 is 10.1 Å². The highest BCUT2D eigenvalue weighted by atomic mass is 16.5. The zero-order valence-electron chi connectivity index (χ0n) is 12.6. The van der Waals surface area contributed by atoms with Gasteiger partial charge in [-0.15, -0.1) is 0 Å². The van der Waals surface area contributed by atoms with E-state index in [2.05, 4.69) is 42.7 Å². The van der Waals surface area contributed by atoms with Gasteiger partial charge in [-0.2, -0.15) is 0 Å². The molecule has 0 aromatic heterocycles. The number of ether oxygens (including phenoxy) is 1. The summed E-state index contributed by atoms with van der Waals surface area (Å²) < 4.78 is 5.86. The Bertz CT molecular complexity index is 399. The van der Waals surface area contributed by atoms with E-state index in [9.17, 15) is 0 Å². The third kappa shape index (κ3) is 3.42. The van der Waals surface area contributed by atoms with Gasteiger partial charge in [0.1, 0.15) is 0 Å². The average Bonchev–Trinajstić information content (AvgIpc) is 3.30. The molecule has 1 aromatic rings. The molecule has 0 radical (unpaired) electrons. The molecule has 3 rings (SSSR count). The van der Waals surface area contributed by atoms with Crippen molar-refractivity contribution in [2.75, 3.05) is 13.7 Å². The summed E-state index contributed by atoms with van der Waals surface area (Å²) in [6.45, 7) is 0.977. The summed E-state index contributed by atoms with van der Waals surface area (Å²) >= 11 is 0. The van der Waals surface area contributed by atoms with Crippen LogP contribution >= 0.6 is 0 Å². The minimum Gasteiger partial charge on any atom is -0.378 e. The van der Waals surface area contributed by atoms with Gasteiger partial charge in [-0.1, -0.05) is 30.3 Å². The molecule has 110 valence electrons. The minimum absolute atomic E-state index is 0.522. The fourth-order valence-electron chi connectivity index (χ4n) is 3.72. The molecule has 0 amide bonds. The molecule has 2 aliphatic rings. The summed E-state index contributed by atoms with van der Waals surface area (Å²) in [7, 11) is 2.12. The molecular weight excluding hydrogens is 246 g/mol. The van der Waals surface area contributed by atoms with Crippen LogP contribution in [0, 0.1) is 5.92 Å². The summed E-state index contributed by atoms with van der Waals surface area (Å²) in [5.41, 5.74) is 1.52. The van der Waals surface area contributed by atoms with Crippen LogP contribution in [0.2, 0.25) is 0 Å². The van der Waals surface area contributed by atoms with Gasteiger partial charge in [-0.3, -0.25) is 0 Å². The molecule has 1 aromatic carbocycles. The van der Waals surface area contributed by atoms with Gasteiger partial charge in [-0.25, -0.2) is 0 Å². The molecule has 1 saturated heterocycles. The second-order valence-electron chi connectivity index (χ2n) is 6.38. The monoisotopic (exact) mass is 273 g/mol. The van der Waals surface area contributed by atoms with Crippen molar-refractivity contribution in [1.82, 2.24) is 5.32 Å². The lowest BCUT2D eigenvalue weighted by Crippen LogP contribution is -2.30. The maximum Gasteiger partial charge on any atom is 0.0575 e. The van der Waals surface area contributed by atoms with Crippen LogP contribution < -0.4 is 5.32 Å². The minimum atomic E-state index is 0.522. The summed E-state index contributed by atoms with van der Waals surface area (Å²) in [5, 5.41) is 3.55. The lowest BCUT2D eigenvalue weighted by atomic mass is 9.97. The number of nitrogens with one attached hydrogen (secondary N) is 1. The van der Waals surface area contributed by atoms with Crippen LogP contribution in [0.15, 0.2) is 30.3 Å². The Kier molecular flexibility index (Phi) is 4.74. The molecule has 0 spiro atoms. The van der Waals surface area contributed by atoms with Crippen LogP contribution in [0.4, 0.5) is 0 Å². The zero-order valence-corrected chi connectivity index (χ0v) is 12.6. The van der Waals surface area contributed by atoms with Gasteiger partial charge in [0.25, 0.3) is 0 Å². The van der Waals surface area contributed by atoms with Crippen molar-refractivity contribution < 1.29 is 4.74 Å². The summed E-state index contributed by atoms with van der Waals surface area (Å²) in [5.74, 6) is 1.60. The maximum absolute atomic E-state index is 5.86. The zero-order chi connectivity index (χ0) is 13.8. The first-order valence-electron chi connectivity index (χ1n) is 8.22. The Balaban J connectivity index is 1.48. The first kappa shape index (κ1) is 14.1. The predicted octanol–water partition coefficient (Wildman–Crippen LogP) is 3.73. The highest BCUT2D eigenvalue weighted by molar-refractivity contribution is 5.26. The SMILES string of the molecule is CNC(CCC1CCCCO1)C1CC1c1ccccc1. The second-order valence-corrected chi connectivity index (χ2v) is 6.38. The molecule has 1 saturated carbocycles. The molecule has 4 unspecified atom stereocenters. The van der Waals surface area contributed by atoms with E-state index in [4.69, 9.17) is 4.74 Å². The fourth-order valence-corrected chi connectivity index (χ4v) is 3.72. The van der Waals surface area contributed by atoms with Gasteiger partial charge in [-0.05, 0) is 63.0 Å². The third-order valence-electron chi connectivity index (χ3n) is 5.03. The summed E-state index contributed by atoms with van der Waals surface area (Å²) in [4.78, 5) is 0. The number of benzene rings is 1. The Morgan fingerprint density at radius 2 is 2.10 bits per heavy atom. The Morgan fingerprint density at radius 3 is 2.80 bits per heavy atom. The van der Waals surface area contributed by atoms with Crippen LogP contribution in [0.5, 0.6) is 0 Å². The van der Waals surface area contributed by atoms with Crippen molar-refractivity contribution in [2.45, 2.75) is 56.6 Å². The molecule has 20 heavy (non-hydrogen) atoms. The highest BCUT2D eigenvalue weighted by Crippen LogP contribution is 2.50. The Morgan fingerprint density at radius 1 is 1.25 bits per heavy atom. The molecule has 1 heterocycles. The lowest BCUT2D eigenvalue weighted by Gasteiger charge is -2.25. The molecule has 2 heteroatoms. The molecule has 1 N–H and O–H groups in total. The topological polar surface area (TPSA) is 21.3 Å². The first-order valence-corrected chi connectivity index (χ1v) is 8.22. The van der Waals surface area contributed by atoms with E-state index in [0.29, 0.717) is 12.1 Å². The molecule has 1 aliphatic carbocycles. The molecule has 0 bridgehead atoms. The Hall–Kier alpha value is -0.860. The van der Waals surface area contributed by atoms with E-state index in [1.807, 2.05) is 0 Å². The van der Waals surface area contributed by atoms with E-state index >= 15 is 0 Å². The average molecular weight is 273 g/mol. The highest BCUT2D eigenvalue weighted by Gasteiger charge is 2.43. The number of hydrogen-bond donors (Lipinski definition) is 1. The maximum atomic E-state index is 5.86. The van der Waals surface area contributed by atoms with E-state index in [1.54, 1.807) is 0 Å². The van der Waals surface area contributed by atoms with Crippen molar-refractivity contribution in [3.63, 3.8) is 0 Å². The first-order chi connectivity index (χ1) is 9.88. The van der Waals surface area contributed by atoms with Gasteiger partial charge >= 0.3 is 0 Å². The van der Waals surface area contributed by atoms with Crippen LogP contribution in [0.25, 0.3) is 0 Å². The van der Waals surface area contributed by atoms with Crippen LogP contribution in [-0.4, -0.2) is 25.8 Å². The van der Waals surface area contributed by atoms with Crippen molar-refractivity contribution >= 4 is 0 Å². The molecule has 2 nitrogen and oxygen atoms in total. The van der Waals surface area contributed by atoms with Crippen LogP contribution in [0.3, 0.4) is 0 Å². The normalized spacial score (nSPS) is 30.9. The van der Waals surface area contributed by atoms with Crippen LogP contribution in [0.1, 0.15) is 50.0 Å². The van der Waals surface area contributed by atoms with Crippen LogP contribution in [-0.2, 0) is 4.74 Å². The van der Waals surface area contributed by atoms with Gasteiger partial charge in [0.05, 0.1) is 6.10 Å². The number of rotatable bonds is 6. The largest absolute Gasteiger partial charge is 0.378 e. The van der Waals surface area contributed by atoms with E-state index in [-0.39, 0.29) is 0 Å². The predicted molar refractivity (Wildman–Crippen MR) is 83.0 cm³/mol. The number of hydrogen-bond acceptors (Lipinski definition) is 2. The molecule has 2 fully saturated rings. The van der Waals surface area contributed by atoms with Gasteiger partial charge in [0.15, 0.2) is 0 Å². The smallest absolute Gasteiger partial charge is 0.0575 e. The quantitative estimate of drug-likeness (QED) is 0.853. The van der Waals surface area contributed by atoms with Crippen molar-refractivity contribution in [3.05, 3.63) is 35.9 Å². The molecule has 4 atom stereocenters. The second kappa shape index (κ2) is 6.73. The van der Waals surface area contributed by atoms with Crippen molar-refractivity contribution in [2.24, 2.45) is 5.92 Å². The summed E-state index contributed by atoms with van der Waals surface area (Å²) in [6, 6.07) is 11.6. The lowest BCUT2D eigenvalue weighted by molar-refractivity contribution is 0.00831. The van der Waals surface area contributed by atoms with E-state index < -0.39 is 0 Å². The summed E-state index contributed by atoms with van der Waals surface area (Å²) in [6.07, 6.45) is 8.23. The fraction of sp³-hybridized carbons (Fsp3) is 0.667. The van der Waals surface area contributed by atoms with E-state index in [1.165, 1.54) is 44.1 Å². The van der Waals surface area contributed by atoms with Crippen molar-refractivity contribution in [1.29, 1.82) is 0 Å². The van der Waals surface area contributed by atoms with Gasteiger partial charge in [0, 0.05) is 12.6 Å². The van der Waals surface area contributed by atoms with Gasteiger partial charge in [0.2, 0.25) is 0 Å². The van der Waals surface area contributed by atoms with Crippen molar-refractivity contribution in [3.8, 4) is 0 Å². The Labute approximate surface area is 122 Å². The third-order valence-corrected chi connectivity index (χ3v) is 5.03. The standard InChI is InChI=1S/C18H27NO/c1-19-18(11-10-15-9-5-6-12-20-15)17-13-16(17)14-7-3-2-4-8-14/h2-4,7-8,15-19H,5-6,9-13H2,1H3. The molecular formula is C18H27NO.